The minimum atomic E-state index is -5.41. The van der Waals surface area contributed by atoms with Crippen molar-refractivity contribution in [1.82, 2.24) is 0 Å². The molecule has 5 nitrogen and oxygen atoms in total. The number of carbonyl (C=O) groups is 1. The van der Waals surface area contributed by atoms with Crippen molar-refractivity contribution in [2.24, 2.45) is 0 Å². The molecule has 0 aliphatic heterocycles. The molecule has 22 heavy (non-hydrogen) atoms. The molecule has 0 amide bonds. The van der Waals surface area contributed by atoms with Crippen LogP contribution in [0, 0.1) is 10.1 Å². The number of benzene rings is 1. The van der Waals surface area contributed by atoms with Crippen LogP contribution in [0.4, 0.5) is 32.0 Å². The highest BCUT2D eigenvalue weighted by Crippen LogP contribution is 2.42. The molecule has 0 N–H and O–H groups in total. The Kier molecular flexibility index (Phi) is 4.68. The van der Waals surface area contributed by atoms with Crippen LogP contribution in [-0.2, 0) is 17.1 Å². The van der Waals surface area contributed by atoms with Crippen molar-refractivity contribution in [3.63, 3.8) is 0 Å². The van der Waals surface area contributed by atoms with E-state index in [1.165, 1.54) is 6.92 Å². The van der Waals surface area contributed by atoms with Gasteiger partial charge >= 0.3 is 18.3 Å². The average molecular weight is 331 g/mol. The molecule has 0 bridgehead atoms. The third-order valence-corrected chi connectivity index (χ3v) is 2.42. The zero-order chi connectivity index (χ0) is 17.3. The molecule has 0 saturated carbocycles. The van der Waals surface area contributed by atoms with E-state index in [9.17, 15) is 41.3 Å². The van der Waals surface area contributed by atoms with Crippen LogP contribution in [0.2, 0.25) is 0 Å². The lowest BCUT2D eigenvalue weighted by Crippen LogP contribution is -2.22. The Labute approximate surface area is 118 Å². The molecule has 0 fully saturated rings. The summed E-state index contributed by atoms with van der Waals surface area (Å²) in [5, 5.41) is 10.5. The van der Waals surface area contributed by atoms with Crippen molar-refractivity contribution in [1.29, 1.82) is 0 Å². The molecule has 0 aromatic heterocycles. The zero-order valence-corrected chi connectivity index (χ0v) is 10.7. The highest BCUT2D eigenvalue weighted by Gasteiger charge is 2.45. The first kappa shape index (κ1) is 17.7. The number of ether oxygens (including phenoxy) is 1. The fourth-order valence-corrected chi connectivity index (χ4v) is 1.60. The Morgan fingerprint density at radius 1 is 1.14 bits per heavy atom. The van der Waals surface area contributed by atoms with Crippen LogP contribution in [0.1, 0.15) is 28.4 Å². The van der Waals surface area contributed by atoms with Crippen LogP contribution in [0.15, 0.2) is 12.1 Å². The maximum absolute atomic E-state index is 12.9. The number of nitro benzene ring substituents is 1. The second kappa shape index (κ2) is 5.81. The SMILES string of the molecule is CCOC(=O)c1c(C(F)(F)F)cc([N+](=O)[O-])cc1C(F)(F)F. The zero-order valence-electron chi connectivity index (χ0n) is 10.7. The fourth-order valence-electron chi connectivity index (χ4n) is 1.60. The van der Waals surface area contributed by atoms with Crippen molar-refractivity contribution in [2.75, 3.05) is 6.61 Å². The predicted octanol–water partition coefficient (Wildman–Crippen LogP) is 3.81. The van der Waals surface area contributed by atoms with E-state index >= 15 is 0 Å². The first-order valence-electron chi connectivity index (χ1n) is 5.53. The molecule has 1 aromatic rings. The molecule has 122 valence electrons. The summed E-state index contributed by atoms with van der Waals surface area (Å²) in [5.41, 5.74) is -7.39. The van der Waals surface area contributed by atoms with E-state index in [-0.39, 0.29) is 12.1 Å². The summed E-state index contributed by atoms with van der Waals surface area (Å²) in [6.07, 6.45) is -10.8. The van der Waals surface area contributed by atoms with Crippen LogP contribution < -0.4 is 0 Å². The molecular weight excluding hydrogens is 324 g/mol. The molecule has 0 aliphatic rings. The van der Waals surface area contributed by atoms with Gasteiger partial charge in [-0.15, -0.1) is 0 Å². The first-order valence-corrected chi connectivity index (χ1v) is 5.53. The molecule has 0 aliphatic carbocycles. The van der Waals surface area contributed by atoms with Gasteiger partial charge in [-0.3, -0.25) is 10.1 Å². The lowest BCUT2D eigenvalue weighted by Gasteiger charge is -2.17. The highest BCUT2D eigenvalue weighted by molar-refractivity contribution is 5.94. The van der Waals surface area contributed by atoms with Gasteiger partial charge in [0, 0.05) is 12.1 Å². The third kappa shape index (κ3) is 3.65. The van der Waals surface area contributed by atoms with Gasteiger partial charge in [0.2, 0.25) is 0 Å². The molecule has 0 unspecified atom stereocenters. The van der Waals surface area contributed by atoms with Gasteiger partial charge in [0.1, 0.15) is 0 Å². The number of carbonyl (C=O) groups excluding carboxylic acids is 1. The van der Waals surface area contributed by atoms with E-state index in [2.05, 4.69) is 4.74 Å². The third-order valence-electron chi connectivity index (χ3n) is 2.42. The van der Waals surface area contributed by atoms with E-state index in [0.29, 0.717) is 0 Å². The van der Waals surface area contributed by atoms with Gasteiger partial charge in [-0.2, -0.15) is 26.3 Å². The Morgan fingerprint density at radius 2 is 1.55 bits per heavy atom. The second-order valence-corrected chi connectivity index (χ2v) is 3.89. The quantitative estimate of drug-likeness (QED) is 0.365. The maximum Gasteiger partial charge on any atom is 0.417 e. The van der Waals surface area contributed by atoms with Gasteiger partial charge in [-0.05, 0) is 6.92 Å². The summed E-state index contributed by atoms with van der Waals surface area (Å²) in [5.74, 6) is -1.86. The molecule has 0 radical (unpaired) electrons. The second-order valence-electron chi connectivity index (χ2n) is 3.89. The van der Waals surface area contributed by atoms with Crippen molar-refractivity contribution in [2.45, 2.75) is 19.3 Å². The van der Waals surface area contributed by atoms with Crippen molar-refractivity contribution in [3.05, 3.63) is 38.9 Å². The molecule has 1 rings (SSSR count). The minimum absolute atomic E-state index is 0.137. The van der Waals surface area contributed by atoms with Crippen LogP contribution in [0.25, 0.3) is 0 Å². The topological polar surface area (TPSA) is 69.4 Å². The van der Waals surface area contributed by atoms with Crippen molar-refractivity contribution < 1.29 is 40.8 Å². The fraction of sp³-hybridized carbons (Fsp3) is 0.364. The maximum atomic E-state index is 12.9. The van der Waals surface area contributed by atoms with Gasteiger partial charge in [-0.25, -0.2) is 4.79 Å². The molecule has 11 heteroatoms. The monoisotopic (exact) mass is 331 g/mol. The normalized spacial score (nSPS) is 12.1. The Bertz CT molecular complexity index is 573. The molecular formula is C11H7F6NO4. The van der Waals surface area contributed by atoms with E-state index in [1.807, 2.05) is 0 Å². The van der Waals surface area contributed by atoms with Crippen LogP contribution in [0.3, 0.4) is 0 Å². The van der Waals surface area contributed by atoms with Crippen LogP contribution in [-0.4, -0.2) is 17.5 Å². The van der Waals surface area contributed by atoms with Gasteiger partial charge in [-0.1, -0.05) is 0 Å². The van der Waals surface area contributed by atoms with Gasteiger partial charge in [0.15, 0.2) is 0 Å². The predicted molar refractivity (Wildman–Crippen MR) is 59.1 cm³/mol. The van der Waals surface area contributed by atoms with Crippen LogP contribution in [0.5, 0.6) is 0 Å². The number of esters is 1. The number of hydrogen-bond donors (Lipinski definition) is 0. The van der Waals surface area contributed by atoms with E-state index in [0.717, 1.165) is 0 Å². The largest absolute Gasteiger partial charge is 0.462 e. The number of non-ortho nitro benzene ring substituents is 1. The summed E-state index contributed by atoms with van der Waals surface area (Å²) in [7, 11) is 0. The standard InChI is InChI=1S/C11H7F6NO4/c1-2-22-9(19)8-6(10(12,13)14)3-5(18(20)21)4-7(8)11(15,16)17/h3-4H,2H2,1H3. The lowest BCUT2D eigenvalue weighted by molar-refractivity contribution is -0.385. The van der Waals surface area contributed by atoms with Gasteiger partial charge in [0.25, 0.3) is 5.69 Å². The van der Waals surface area contributed by atoms with Gasteiger partial charge < -0.3 is 4.74 Å². The van der Waals surface area contributed by atoms with E-state index in [1.54, 1.807) is 0 Å². The number of alkyl halides is 6. The number of rotatable bonds is 3. The molecule has 0 spiro atoms. The van der Waals surface area contributed by atoms with Gasteiger partial charge in [0.05, 0.1) is 28.2 Å². The summed E-state index contributed by atoms with van der Waals surface area (Å²) in [6.45, 7) is 0.716. The summed E-state index contributed by atoms with van der Waals surface area (Å²) < 4.78 is 81.4. The summed E-state index contributed by atoms with van der Waals surface area (Å²) in [4.78, 5) is 20.6. The van der Waals surface area contributed by atoms with E-state index in [4.69, 9.17) is 0 Å². The molecule has 0 saturated heterocycles. The Hall–Kier alpha value is -2.33. The molecule has 0 heterocycles. The first-order chi connectivity index (χ1) is 9.89. The molecule has 1 aromatic carbocycles. The number of nitrogens with zero attached hydrogens (tertiary/aromatic N) is 1. The average Bonchev–Trinajstić information content (AvgIpc) is 2.35. The minimum Gasteiger partial charge on any atom is -0.462 e. The van der Waals surface area contributed by atoms with Crippen LogP contribution >= 0.6 is 0 Å². The Balaban J connectivity index is 3.82. The Morgan fingerprint density at radius 3 is 1.82 bits per heavy atom. The van der Waals surface area contributed by atoms with Crippen molar-refractivity contribution in [3.8, 4) is 0 Å². The number of hydrogen-bond acceptors (Lipinski definition) is 4. The molecule has 0 atom stereocenters. The summed E-state index contributed by atoms with van der Waals surface area (Å²) >= 11 is 0. The highest BCUT2D eigenvalue weighted by atomic mass is 19.4. The van der Waals surface area contributed by atoms with Crippen molar-refractivity contribution >= 4 is 11.7 Å². The number of nitro groups is 1. The smallest absolute Gasteiger partial charge is 0.417 e. The summed E-state index contributed by atoms with van der Waals surface area (Å²) in [6, 6.07) is -0.275. The lowest BCUT2D eigenvalue weighted by atomic mass is 9.98. The van der Waals surface area contributed by atoms with E-state index < -0.39 is 52.2 Å². The number of halogens is 6.